The molecule has 0 aliphatic carbocycles. The summed E-state index contributed by atoms with van der Waals surface area (Å²) in [4.78, 5) is 11.8. The molecule has 0 bridgehead atoms. The first kappa shape index (κ1) is 17.1. The largest absolute Gasteiger partial charge is 0.482 e. The van der Waals surface area contributed by atoms with Crippen LogP contribution in [-0.4, -0.2) is 17.6 Å². The third-order valence-corrected chi connectivity index (χ3v) is 3.90. The predicted octanol–water partition coefficient (Wildman–Crippen LogP) is 2.81. The molecule has 111 valence electrons. The molecule has 0 unspecified atom stereocenters. The molecule has 0 spiro atoms. The minimum Gasteiger partial charge on any atom is -0.482 e. The van der Waals surface area contributed by atoms with E-state index in [4.69, 9.17) is 10.5 Å². The number of benzene rings is 2. The van der Waals surface area contributed by atoms with Gasteiger partial charge in [0, 0.05) is 44.0 Å². The first-order chi connectivity index (χ1) is 10.1. The monoisotopic (exact) mass is 371 g/mol. The van der Waals surface area contributed by atoms with Crippen molar-refractivity contribution >= 4 is 5.97 Å². The molecule has 1 heterocycles. The molecule has 3 rings (SSSR count). The fourth-order valence-corrected chi connectivity index (χ4v) is 2.90. The first-order valence-electron chi connectivity index (χ1n) is 6.83. The van der Waals surface area contributed by atoms with Gasteiger partial charge in [0.1, 0.15) is 5.75 Å². The Bertz CT molecular complexity index is 702. The van der Waals surface area contributed by atoms with Gasteiger partial charge in [-0.15, -0.1) is 11.6 Å². The number of fused-ring (bicyclic) bond motifs is 2. The van der Waals surface area contributed by atoms with Crippen LogP contribution in [0.4, 0.5) is 0 Å². The number of aliphatic carboxylic acids is 1. The van der Waals surface area contributed by atoms with Crippen LogP contribution in [0.3, 0.4) is 0 Å². The summed E-state index contributed by atoms with van der Waals surface area (Å²) in [7, 11) is 0. The number of carboxylic acids is 1. The molecular weight excluding hydrogens is 355 g/mol. The van der Waals surface area contributed by atoms with Crippen molar-refractivity contribution in [1.82, 2.24) is 0 Å². The summed E-state index contributed by atoms with van der Waals surface area (Å²) in [5.74, 6) is -0.716. The molecule has 5 heteroatoms. The summed E-state index contributed by atoms with van der Waals surface area (Å²) in [5.41, 5.74) is 8.34. The normalized spacial score (nSPS) is 19.0. The fourth-order valence-electron chi connectivity index (χ4n) is 2.90. The van der Waals surface area contributed by atoms with Crippen molar-refractivity contribution in [3.8, 4) is 11.5 Å². The van der Waals surface area contributed by atoms with Gasteiger partial charge in [-0.25, -0.2) is 0 Å². The van der Waals surface area contributed by atoms with Crippen molar-refractivity contribution in [2.75, 3.05) is 6.54 Å². The fraction of sp³-hybridized carbons (Fsp3) is 0.235. The average molecular weight is 371 g/mol. The molecule has 2 aromatic rings. The van der Waals surface area contributed by atoms with Crippen molar-refractivity contribution in [3.05, 3.63) is 59.2 Å². The summed E-state index contributed by atoms with van der Waals surface area (Å²) in [6.45, 7) is 2.17. The van der Waals surface area contributed by atoms with E-state index in [2.05, 4.69) is 6.07 Å². The average Bonchev–Trinajstić information content (AvgIpc) is 2.60. The van der Waals surface area contributed by atoms with E-state index >= 15 is 0 Å². The van der Waals surface area contributed by atoms with Crippen LogP contribution in [0.2, 0.25) is 0 Å². The van der Waals surface area contributed by atoms with Gasteiger partial charge in [0.25, 0.3) is 0 Å². The SMILES string of the molecule is Cc1ccc2c(c1)[C@@H](C(=O)O)[C@H](CN)c1c[c-]ccc1O2.[Y]. The van der Waals surface area contributed by atoms with Crippen LogP contribution in [0.25, 0.3) is 0 Å². The van der Waals surface area contributed by atoms with Crippen molar-refractivity contribution in [2.24, 2.45) is 5.73 Å². The number of hydrogen-bond donors (Lipinski definition) is 2. The Kier molecular flexibility index (Phi) is 5.38. The molecule has 3 N–H and O–H groups in total. The molecule has 1 aliphatic heterocycles. The van der Waals surface area contributed by atoms with Gasteiger partial charge in [-0.1, -0.05) is 17.7 Å². The van der Waals surface area contributed by atoms with Gasteiger partial charge >= 0.3 is 5.97 Å². The van der Waals surface area contributed by atoms with Gasteiger partial charge < -0.3 is 15.6 Å². The van der Waals surface area contributed by atoms with E-state index in [0.29, 0.717) is 17.1 Å². The van der Waals surface area contributed by atoms with E-state index in [0.717, 1.165) is 11.1 Å². The van der Waals surface area contributed by atoms with Crippen LogP contribution in [0.5, 0.6) is 11.5 Å². The molecule has 0 aromatic heterocycles. The van der Waals surface area contributed by atoms with Gasteiger partial charge in [-0.3, -0.25) is 4.79 Å². The Balaban J connectivity index is 0.00000176. The van der Waals surface area contributed by atoms with Crippen LogP contribution in [0.15, 0.2) is 36.4 Å². The summed E-state index contributed by atoms with van der Waals surface area (Å²) in [6, 6.07) is 13.9. The third kappa shape index (κ3) is 2.96. The topological polar surface area (TPSA) is 72.5 Å². The second-order valence-corrected chi connectivity index (χ2v) is 5.27. The van der Waals surface area contributed by atoms with Crippen molar-refractivity contribution < 1.29 is 47.3 Å². The molecule has 2 atom stereocenters. The van der Waals surface area contributed by atoms with Crippen molar-refractivity contribution in [1.29, 1.82) is 0 Å². The summed E-state index contributed by atoms with van der Waals surface area (Å²) in [6.07, 6.45) is 0. The quantitative estimate of drug-likeness (QED) is 0.797. The zero-order chi connectivity index (χ0) is 15.0. The second-order valence-electron chi connectivity index (χ2n) is 5.27. The number of carboxylic acid groups (broad SMARTS) is 1. The first-order valence-corrected chi connectivity index (χ1v) is 6.83. The standard InChI is InChI=1S/C17H16NO3.Y/c1-10-6-7-15-12(8-10)16(17(19)20)13(9-18)11-4-2-3-5-14(11)21-15;/h3-8,13,16H,9,18H2,1H3,(H,19,20);/q-1;/t13-,16-;/m1./s1. The maximum atomic E-state index is 11.8. The maximum Gasteiger partial charge on any atom is 0.310 e. The molecule has 2 aromatic carbocycles. The van der Waals surface area contributed by atoms with Gasteiger partial charge in [0.15, 0.2) is 0 Å². The van der Waals surface area contributed by atoms with E-state index in [1.54, 1.807) is 18.2 Å². The molecule has 0 amide bonds. The Labute approximate surface area is 154 Å². The summed E-state index contributed by atoms with van der Waals surface area (Å²) < 4.78 is 5.93. The molecule has 1 aliphatic rings. The smallest absolute Gasteiger partial charge is 0.310 e. The predicted molar refractivity (Wildman–Crippen MR) is 78.7 cm³/mol. The molecule has 0 fully saturated rings. The van der Waals surface area contributed by atoms with E-state index in [1.807, 2.05) is 25.1 Å². The number of aryl methyl sites for hydroxylation is 1. The maximum absolute atomic E-state index is 11.8. The van der Waals surface area contributed by atoms with Gasteiger partial charge in [-0.05, 0) is 25.5 Å². The Morgan fingerprint density at radius 1 is 1.32 bits per heavy atom. The van der Waals surface area contributed by atoms with Crippen molar-refractivity contribution in [2.45, 2.75) is 18.8 Å². The molecule has 4 nitrogen and oxygen atoms in total. The minimum atomic E-state index is -0.891. The number of carbonyl (C=O) groups is 1. The van der Waals surface area contributed by atoms with Gasteiger partial charge in [-0.2, -0.15) is 18.2 Å². The van der Waals surface area contributed by atoms with Crippen molar-refractivity contribution in [3.63, 3.8) is 0 Å². The third-order valence-electron chi connectivity index (χ3n) is 3.90. The summed E-state index contributed by atoms with van der Waals surface area (Å²) in [5, 5.41) is 9.71. The molecule has 0 saturated carbocycles. The Morgan fingerprint density at radius 2 is 2.05 bits per heavy atom. The number of hydrogen-bond acceptors (Lipinski definition) is 3. The Morgan fingerprint density at radius 3 is 2.73 bits per heavy atom. The van der Waals surface area contributed by atoms with Crippen LogP contribution >= 0.6 is 0 Å². The zero-order valence-electron chi connectivity index (χ0n) is 12.2. The van der Waals surface area contributed by atoms with Crippen LogP contribution in [0.1, 0.15) is 28.5 Å². The molecular formula is C17H16NO3Y-. The zero-order valence-corrected chi connectivity index (χ0v) is 15.1. The van der Waals surface area contributed by atoms with Gasteiger partial charge in [0.2, 0.25) is 0 Å². The molecule has 1 radical (unpaired) electrons. The van der Waals surface area contributed by atoms with Gasteiger partial charge in [0.05, 0.1) is 5.92 Å². The van der Waals surface area contributed by atoms with E-state index in [1.165, 1.54) is 0 Å². The number of ether oxygens (including phenoxy) is 1. The second kappa shape index (κ2) is 6.90. The van der Waals surface area contributed by atoms with Crippen LogP contribution in [-0.2, 0) is 37.5 Å². The van der Waals surface area contributed by atoms with E-state index in [-0.39, 0.29) is 45.2 Å². The minimum absolute atomic E-state index is 0. The van der Waals surface area contributed by atoms with Crippen LogP contribution in [0, 0.1) is 13.0 Å². The summed E-state index contributed by atoms with van der Waals surface area (Å²) >= 11 is 0. The van der Waals surface area contributed by atoms with Crippen LogP contribution < -0.4 is 10.5 Å². The molecule has 0 saturated heterocycles. The number of nitrogens with two attached hydrogens (primary N) is 1. The Hall–Kier alpha value is -1.23. The number of rotatable bonds is 2. The van der Waals surface area contributed by atoms with E-state index < -0.39 is 11.9 Å². The molecule has 22 heavy (non-hydrogen) atoms. The van der Waals surface area contributed by atoms with E-state index in [9.17, 15) is 9.90 Å².